The molecule has 0 aliphatic carbocycles. The molecule has 2 N–H and O–H groups in total. The van der Waals surface area contributed by atoms with Crippen LogP contribution in [0.4, 0.5) is 4.39 Å². The van der Waals surface area contributed by atoms with E-state index in [0.29, 0.717) is 41.1 Å². The van der Waals surface area contributed by atoms with Gasteiger partial charge in [-0.1, -0.05) is 22.0 Å². The lowest BCUT2D eigenvalue weighted by Gasteiger charge is -2.42. The molecule has 1 saturated heterocycles. The van der Waals surface area contributed by atoms with E-state index in [1.165, 1.54) is 23.5 Å². The minimum Gasteiger partial charge on any atom is -0.463 e. The van der Waals surface area contributed by atoms with Crippen molar-refractivity contribution in [2.24, 2.45) is 10.7 Å². The van der Waals surface area contributed by atoms with E-state index in [1.54, 1.807) is 19.2 Å². The Morgan fingerprint density at radius 2 is 2.26 bits per heavy atom. The van der Waals surface area contributed by atoms with Crippen LogP contribution >= 0.6 is 27.3 Å². The fraction of sp³-hybridized carbons (Fsp3) is 0.381. The maximum Gasteiger partial charge on any atom is 0.338 e. The average molecular weight is 508 g/mol. The lowest BCUT2D eigenvalue weighted by molar-refractivity contribution is -0.139. The van der Waals surface area contributed by atoms with Gasteiger partial charge < -0.3 is 15.4 Å². The second-order valence-corrected chi connectivity index (χ2v) is 8.90. The summed E-state index contributed by atoms with van der Waals surface area (Å²) in [6.45, 7) is 5.29. The van der Waals surface area contributed by atoms with Crippen molar-refractivity contribution in [3.8, 4) is 0 Å². The smallest absolute Gasteiger partial charge is 0.338 e. The van der Waals surface area contributed by atoms with E-state index in [2.05, 4.69) is 30.7 Å². The van der Waals surface area contributed by atoms with Gasteiger partial charge in [0.05, 0.1) is 12.2 Å². The topological polar surface area (TPSA) is 84.0 Å². The molecule has 31 heavy (non-hydrogen) atoms. The highest BCUT2D eigenvalue weighted by molar-refractivity contribution is 9.10. The predicted octanol–water partition coefficient (Wildman–Crippen LogP) is 2.94. The van der Waals surface area contributed by atoms with Crippen LogP contribution in [0, 0.1) is 5.82 Å². The number of carbonyl (C=O) groups is 1. The van der Waals surface area contributed by atoms with E-state index >= 15 is 0 Å². The first kappa shape index (κ1) is 22.1. The molecule has 2 aliphatic rings. The van der Waals surface area contributed by atoms with Gasteiger partial charge in [0.15, 0.2) is 10.8 Å². The summed E-state index contributed by atoms with van der Waals surface area (Å²) in [6, 6.07) is 3.77. The average Bonchev–Trinajstić information content (AvgIpc) is 3.27. The highest BCUT2D eigenvalue weighted by Crippen LogP contribution is 2.40. The van der Waals surface area contributed by atoms with Gasteiger partial charge in [0.2, 0.25) is 0 Å². The summed E-state index contributed by atoms with van der Waals surface area (Å²) in [7, 11) is 0. The van der Waals surface area contributed by atoms with E-state index in [0.717, 1.165) is 23.8 Å². The third-order valence-corrected chi connectivity index (χ3v) is 6.71. The molecule has 1 atom stereocenters. The van der Waals surface area contributed by atoms with Crippen LogP contribution in [0.1, 0.15) is 23.5 Å². The van der Waals surface area contributed by atoms with Crippen molar-refractivity contribution in [3.05, 3.63) is 61.9 Å². The molecular weight excluding hydrogens is 485 g/mol. The van der Waals surface area contributed by atoms with E-state index < -0.39 is 12.0 Å². The summed E-state index contributed by atoms with van der Waals surface area (Å²) >= 11 is 4.95. The molecular formula is C21H23BrFN5O2S. The van der Waals surface area contributed by atoms with Crippen LogP contribution in [0.5, 0.6) is 0 Å². The molecule has 164 valence electrons. The molecule has 1 aromatic carbocycles. The molecule has 0 amide bonds. The van der Waals surface area contributed by atoms with Gasteiger partial charge >= 0.3 is 5.97 Å². The number of halogens is 2. The zero-order valence-electron chi connectivity index (χ0n) is 17.1. The molecule has 4 rings (SSSR count). The Morgan fingerprint density at radius 3 is 2.94 bits per heavy atom. The summed E-state index contributed by atoms with van der Waals surface area (Å²) in [6.07, 6.45) is 1.74. The van der Waals surface area contributed by atoms with Crippen molar-refractivity contribution >= 4 is 39.1 Å². The molecule has 0 bridgehead atoms. The van der Waals surface area contributed by atoms with Crippen molar-refractivity contribution in [2.75, 3.05) is 39.3 Å². The number of benzene rings is 1. The summed E-state index contributed by atoms with van der Waals surface area (Å²) in [4.78, 5) is 26.8. The Bertz CT molecular complexity index is 1030. The summed E-state index contributed by atoms with van der Waals surface area (Å²) in [5.74, 6) is -0.0683. The van der Waals surface area contributed by atoms with Gasteiger partial charge in [-0.15, -0.1) is 11.3 Å². The zero-order valence-corrected chi connectivity index (χ0v) is 19.5. The van der Waals surface area contributed by atoms with Crippen molar-refractivity contribution in [3.63, 3.8) is 0 Å². The first-order valence-electron chi connectivity index (χ1n) is 10.1. The molecule has 0 saturated carbocycles. The normalized spacial score (nSPS) is 19.3. The fourth-order valence-corrected chi connectivity index (χ4v) is 5.10. The number of fused-ring (bicyclic) bond motifs is 1. The monoisotopic (exact) mass is 507 g/mol. The number of nitrogens with zero attached hydrogens (tertiary/aromatic N) is 4. The zero-order chi connectivity index (χ0) is 22.0. The number of hydrogen-bond donors (Lipinski definition) is 1. The van der Waals surface area contributed by atoms with Crippen molar-refractivity contribution in [2.45, 2.75) is 13.0 Å². The number of aromatic nitrogens is 1. The SMILES string of the molecule is CCOC(=O)C1=C2CN(CCN)CCN2C(c2nccs2)=NC1c1ccc(F)cc1Br. The predicted molar refractivity (Wildman–Crippen MR) is 121 cm³/mol. The second-order valence-electron chi connectivity index (χ2n) is 7.16. The number of amidine groups is 1. The Morgan fingerprint density at radius 1 is 1.42 bits per heavy atom. The Labute approximate surface area is 192 Å². The number of rotatable bonds is 6. The first-order chi connectivity index (χ1) is 15.0. The Kier molecular flexibility index (Phi) is 6.80. The molecule has 1 fully saturated rings. The van der Waals surface area contributed by atoms with Gasteiger partial charge in [-0.2, -0.15) is 0 Å². The standard InChI is InChI=1S/C21H23BrFN5O2S/c1-2-30-21(29)17-16-12-27(7-5-24)8-9-28(16)19(20-25-6-10-31-20)26-18(17)14-4-3-13(23)11-15(14)22/h3-4,6,10-11,18H,2,5,7-9,12,24H2,1H3. The van der Waals surface area contributed by atoms with Gasteiger partial charge in [0, 0.05) is 54.5 Å². The minimum atomic E-state index is -0.642. The van der Waals surface area contributed by atoms with E-state index in [1.807, 2.05) is 5.38 Å². The first-order valence-corrected chi connectivity index (χ1v) is 11.7. The van der Waals surface area contributed by atoms with Gasteiger partial charge in [-0.05, 0) is 24.6 Å². The van der Waals surface area contributed by atoms with Crippen LogP contribution in [0.2, 0.25) is 0 Å². The molecule has 3 heterocycles. The van der Waals surface area contributed by atoms with Crippen LogP contribution in [-0.2, 0) is 9.53 Å². The van der Waals surface area contributed by atoms with Crippen LogP contribution in [0.25, 0.3) is 0 Å². The molecule has 1 aromatic heterocycles. The van der Waals surface area contributed by atoms with Gasteiger partial charge in [-0.3, -0.25) is 9.89 Å². The molecule has 10 heteroatoms. The molecule has 2 aromatic rings. The summed E-state index contributed by atoms with van der Waals surface area (Å²) < 4.78 is 19.8. The summed E-state index contributed by atoms with van der Waals surface area (Å²) in [5, 5.41) is 2.67. The Balaban J connectivity index is 1.89. The maximum atomic E-state index is 13.8. The van der Waals surface area contributed by atoms with Crippen LogP contribution in [0.3, 0.4) is 0 Å². The van der Waals surface area contributed by atoms with Gasteiger partial charge in [0.1, 0.15) is 11.9 Å². The number of thiazole rings is 1. The molecule has 2 aliphatic heterocycles. The number of esters is 1. The van der Waals surface area contributed by atoms with Crippen LogP contribution < -0.4 is 5.73 Å². The summed E-state index contributed by atoms with van der Waals surface area (Å²) in [5.41, 5.74) is 7.79. The number of aliphatic imine (C=N–C) groups is 1. The minimum absolute atomic E-state index is 0.252. The third-order valence-electron chi connectivity index (χ3n) is 5.25. The number of hydrogen-bond acceptors (Lipinski definition) is 8. The Hall–Kier alpha value is -2.14. The van der Waals surface area contributed by atoms with E-state index in [-0.39, 0.29) is 12.4 Å². The lowest BCUT2D eigenvalue weighted by atomic mass is 9.93. The van der Waals surface area contributed by atoms with Crippen molar-refractivity contribution in [1.29, 1.82) is 0 Å². The quantitative estimate of drug-likeness (QED) is 0.605. The third kappa shape index (κ3) is 4.43. The second kappa shape index (κ2) is 9.56. The van der Waals surface area contributed by atoms with Gasteiger partial charge in [-0.25, -0.2) is 14.2 Å². The van der Waals surface area contributed by atoms with Gasteiger partial charge in [0.25, 0.3) is 0 Å². The molecule has 0 spiro atoms. The number of piperazine rings is 1. The van der Waals surface area contributed by atoms with E-state index in [9.17, 15) is 9.18 Å². The fourth-order valence-electron chi connectivity index (χ4n) is 3.90. The largest absolute Gasteiger partial charge is 0.463 e. The highest BCUT2D eigenvalue weighted by Gasteiger charge is 2.40. The number of nitrogens with two attached hydrogens (primary N) is 1. The number of carbonyl (C=O) groups excluding carboxylic acids is 1. The van der Waals surface area contributed by atoms with Crippen molar-refractivity contribution in [1.82, 2.24) is 14.8 Å². The number of ether oxygens (including phenoxy) is 1. The van der Waals surface area contributed by atoms with Crippen molar-refractivity contribution < 1.29 is 13.9 Å². The highest BCUT2D eigenvalue weighted by atomic mass is 79.9. The molecule has 7 nitrogen and oxygen atoms in total. The van der Waals surface area contributed by atoms with Crippen LogP contribution in [-0.4, -0.2) is 65.9 Å². The molecule has 0 radical (unpaired) electrons. The molecule has 1 unspecified atom stereocenters. The maximum absolute atomic E-state index is 13.8. The lowest BCUT2D eigenvalue weighted by Crippen LogP contribution is -2.51. The van der Waals surface area contributed by atoms with E-state index in [4.69, 9.17) is 15.5 Å². The van der Waals surface area contributed by atoms with Crippen LogP contribution in [0.15, 0.2) is 50.5 Å².